The zero-order valence-electron chi connectivity index (χ0n) is 16.1. The molecule has 0 bridgehead atoms. The van der Waals surface area contributed by atoms with Crippen LogP contribution < -0.4 is 10.6 Å². The molecule has 28 heavy (non-hydrogen) atoms. The van der Waals surface area contributed by atoms with Crippen LogP contribution in [-0.2, 0) is 22.5 Å². The van der Waals surface area contributed by atoms with Gasteiger partial charge < -0.3 is 15.0 Å². The highest BCUT2D eigenvalue weighted by Crippen LogP contribution is 2.29. The third kappa shape index (κ3) is 4.02. The molecule has 2 aliphatic rings. The Morgan fingerprint density at radius 1 is 1.25 bits per heavy atom. The lowest BCUT2D eigenvalue weighted by molar-refractivity contribution is -0.124. The van der Waals surface area contributed by atoms with Crippen molar-refractivity contribution >= 4 is 34.1 Å². The van der Waals surface area contributed by atoms with Gasteiger partial charge in [0.05, 0.1) is 12.2 Å². The molecule has 1 aromatic heterocycles. The number of benzene rings is 1. The molecule has 0 spiro atoms. The number of aryl methyl sites for hydroxylation is 2. The Hall–Kier alpha value is -2.45. The lowest BCUT2D eigenvalue weighted by atomic mass is 10.1. The second-order valence-corrected chi connectivity index (χ2v) is 8.36. The summed E-state index contributed by atoms with van der Waals surface area (Å²) in [4.78, 5) is 32.2. The molecule has 4 rings (SSSR count). The predicted molar refractivity (Wildman–Crippen MR) is 109 cm³/mol. The van der Waals surface area contributed by atoms with Crippen molar-refractivity contribution in [2.24, 2.45) is 0 Å². The maximum atomic E-state index is 12.6. The molecule has 7 nitrogen and oxygen atoms in total. The molecule has 0 saturated carbocycles. The first-order valence-electron chi connectivity index (χ1n) is 9.54. The summed E-state index contributed by atoms with van der Waals surface area (Å²) in [5, 5.41) is 6.42. The summed E-state index contributed by atoms with van der Waals surface area (Å²) in [7, 11) is 0. The van der Waals surface area contributed by atoms with Gasteiger partial charge in [-0.2, -0.15) is 0 Å². The minimum absolute atomic E-state index is 0.118. The molecule has 2 N–H and O–H groups in total. The van der Waals surface area contributed by atoms with E-state index in [9.17, 15) is 9.59 Å². The molecule has 2 aromatic rings. The number of aromatic nitrogens is 1. The van der Waals surface area contributed by atoms with Crippen LogP contribution >= 0.6 is 11.3 Å². The van der Waals surface area contributed by atoms with Crippen LogP contribution in [0.3, 0.4) is 0 Å². The molecule has 1 atom stereocenters. The first-order valence-corrected chi connectivity index (χ1v) is 10.4. The van der Waals surface area contributed by atoms with Gasteiger partial charge in [0.15, 0.2) is 5.13 Å². The van der Waals surface area contributed by atoms with Crippen molar-refractivity contribution in [2.75, 3.05) is 23.8 Å². The maximum absolute atomic E-state index is 12.6. The molecule has 148 valence electrons. The van der Waals surface area contributed by atoms with E-state index in [2.05, 4.69) is 15.6 Å². The van der Waals surface area contributed by atoms with Crippen molar-refractivity contribution in [2.45, 2.75) is 45.8 Å². The standard InChI is InChI=1S/C20H24N4O3S/c1-12-5-6-14(10-13(12)2)21-20(26)24-8-7-15-17(11-24)28-19(22-15)23-18(25)16-4-3-9-27-16/h5-6,10,16H,3-4,7-9,11H2,1-2H3,(H,21,26)(H,22,23,25). The molecule has 3 amide bonds. The number of carbonyl (C=O) groups is 2. The Morgan fingerprint density at radius 3 is 2.86 bits per heavy atom. The number of nitrogens with one attached hydrogen (secondary N) is 2. The van der Waals surface area contributed by atoms with Gasteiger partial charge in [-0.3, -0.25) is 10.1 Å². The Bertz CT molecular complexity index is 905. The van der Waals surface area contributed by atoms with Gasteiger partial charge in [-0.05, 0) is 49.9 Å². The van der Waals surface area contributed by atoms with Gasteiger partial charge in [-0.25, -0.2) is 9.78 Å². The topological polar surface area (TPSA) is 83.6 Å². The molecule has 1 fully saturated rings. The highest BCUT2D eigenvalue weighted by molar-refractivity contribution is 7.15. The van der Waals surface area contributed by atoms with E-state index in [0.29, 0.717) is 31.2 Å². The number of hydrogen-bond donors (Lipinski definition) is 2. The maximum Gasteiger partial charge on any atom is 0.322 e. The van der Waals surface area contributed by atoms with Crippen LogP contribution in [0.25, 0.3) is 0 Å². The van der Waals surface area contributed by atoms with Crippen LogP contribution in [0.15, 0.2) is 18.2 Å². The van der Waals surface area contributed by atoms with E-state index < -0.39 is 0 Å². The lowest BCUT2D eigenvalue weighted by Gasteiger charge is -2.26. The highest BCUT2D eigenvalue weighted by atomic mass is 32.1. The fourth-order valence-corrected chi connectivity index (χ4v) is 4.44. The minimum atomic E-state index is -0.374. The van der Waals surface area contributed by atoms with Crippen LogP contribution in [-0.4, -0.2) is 41.1 Å². The van der Waals surface area contributed by atoms with Crippen LogP contribution in [0.5, 0.6) is 0 Å². The third-order valence-electron chi connectivity index (χ3n) is 5.23. The molecule has 1 saturated heterocycles. The summed E-state index contributed by atoms with van der Waals surface area (Å²) in [6, 6.07) is 5.79. The number of urea groups is 1. The van der Waals surface area contributed by atoms with Crippen molar-refractivity contribution in [3.05, 3.63) is 39.9 Å². The van der Waals surface area contributed by atoms with E-state index in [-0.39, 0.29) is 18.0 Å². The molecule has 8 heteroatoms. The smallest absolute Gasteiger partial charge is 0.322 e. The number of hydrogen-bond acceptors (Lipinski definition) is 5. The quantitative estimate of drug-likeness (QED) is 0.826. The van der Waals surface area contributed by atoms with Crippen molar-refractivity contribution in [3.8, 4) is 0 Å². The summed E-state index contributed by atoms with van der Waals surface area (Å²) >= 11 is 1.43. The SMILES string of the molecule is Cc1ccc(NC(=O)N2CCc3nc(NC(=O)C4CCCO4)sc3C2)cc1C. The molecular formula is C20H24N4O3S. The zero-order valence-corrected chi connectivity index (χ0v) is 16.9. The number of nitrogens with zero attached hydrogens (tertiary/aromatic N) is 2. The van der Waals surface area contributed by atoms with Gasteiger partial charge in [0.25, 0.3) is 5.91 Å². The minimum Gasteiger partial charge on any atom is -0.368 e. The van der Waals surface area contributed by atoms with E-state index >= 15 is 0 Å². The van der Waals surface area contributed by atoms with Crippen molar-refractivity contribution in [3.63, 3.8) is 0 Å². The van der Waals surface area contributed by atoms with Crippen molar-refractivity contribution in [1.82, 2.24) is 9.88 Å². The number of anilines is 2. The second kappa shape index (κ2) is 7.89. The number of fused-ring (bicyclic) bond motifs is 1. The monoisotopic (exact) mass is 400 g/mol. The normalized spacial score (nSPS) is 18.6. The number of ether oxygens (including phenoxy) is 1. The van der Waals surface area contributed by atoms with Gasteiger partial charge in [0, 0.05) is 30.1 Å². The number of rotatable bonds is 3. The van der Waals surface area contributed by atoms with Gasteiger partial charge in [-0.1, -0.05) is 17.4 Å². The molecule has 0 aliphatic carbocycles. The Labute approximate surface area is 168 Å². The molecule has 0 radical (unpaired) electrons. The van der Waals surface area contributed by atoms with E-state index in [4.69, 9.17) is 4.74 Å². The van der Waals surface area contributed by atoms with E-state index in [1.807, 2.05) is 32.0 Å². The average Bonchev–Trinajstić information content (AvgIpc) is 3.33. The second-order valence-electron chi connectivity index (χ2n) is 7.28. The van der Waals surface area contributed by atoms with Gasteiger partial charge >= 0.3 is 6.03 Å². The van der Waals surface area contributed by atoms with Gasteiger partial charge in [0.1, 0.15) is 6.10 Å². The molecule has 1 unspecified atom stereocenters. The van der Waals surface area contributed by atoms with Crippen LogP contribution in [0.2, 0.25) is 0 Å². The molecule has 1 aromatic carbocycles. The predicted octanol–water partition coefficient (Wildman–Crippen LogP) is 3.47. The van der Waals surface area contributed by atoms with E-state index in [0.717, 1.165) is 34.7 Å². The number of thiazole rings is 1. The molecule has 3 heterocycles. The van der Waals surface area contributed by atoms with E-state index in [1.54, 1.807) is 4.90 Å². The summed E-state index contributed by atoms with van der Waals surface area (Å²) in [5.74, 6) is -0.132. The number of carbonyl (C=O) groups excluding carboxylic acids is 2. The Balaban J connectivity index is 1.38. The van der Waals surface area contributed by atoms with Gasteiger partial charge in [-0.15, -0.1) is 0 Å². The van der Waals surface area contributed by atoms with Crippen LogP contribution in [0.1, 0.15) is 34.5 Å². The van der Waals surface area contributed by atoms with Crippen molar-refractivity contribution < 1.29 is 14.3 Å². The third-order valence-corrected chi connectivity index (χ3v) is 6.23. The van der Waals surface area contributed by atoms with Crippen LogP contribution in [0, 0.1) is 13.8 Å². The summed E-state index contributed by atoms with van der Waals surface area (Å²) in [6.45, 7) is 5.82. The molecular weight excluding hydrogens is 376 g/mol. The van der Waals surface area contributed by atoms with Crippen molar-refractivity contribution in [1.29, 1.82) is 0 Å². The lowest BCUT2D eigenvalue weighted by Crippen LogP contribution is -2.38. The van der Waals surface area contributed by atoms with Crippen LogP contribution in [0.4, 0.5) is 15.6 Å². The zero-order chi connectivity index (χ0) is 19.7. The fourth-order valence-electron chi connectivity index (χ4n) is 3.41. The van der Waals surface area contributed by atoms with Gasteiger partial charge in [0.2, 0.25) is 0 Å². The first-order chi connectivity index (χ1) is 13.5. The summed E-state index contributed by atoms with van der Waals surface area (Å²) < 4.78 is 5.41. The largest absolute Gasteiger partial charge is 0.368 e. The fraction of sp³-hybridized carbons (Fsp3) is 0.450. The Kier molecular flexibility index (Phi) is 5.32. The average molecular weight is 401 g/mol. The Morgan fingerprint density at radius 2 is 2.11 bits per heavy atom. The summed E-state index contributed by atoms with van der Waals surface area (Å²) in [5.41, 5.74) is 4.10. The van der Waals surface area contributed by atoms with E-state index in [1.165, 1.54) is 16.9 Å². The molecule has 2 aliphatic heterocycles. The summed E-state index contributed by atoms with van der Waals surface area (Å²) in [6.07, 6.45) is 1.98. The number of amides is 3. The first kappa shape index (κ1) is 18.9. The highest BCUT2D eigenvalue weighted by Gasteiger charge is 2.27.